The first-order valence-corrected chi connectivity index (χ1v) is 7.32. The van der Waals surface area contributed by atoms with Gasteiger partial charge in [0.1, 0.15) is 5.69 Å². The standard InChI is InChI=1S/C15H24N4O2/c1-19(2)12-6-8-17-15(21-3)14(12)18-13(20)9-11-5-4-7-16-10-11/h6,8,11,16H,4-5,7,9-10H2,1-3H3,(H,18,20). The van der Waals surface area contributed by atoms with Gasteiger partial charge in [-0.05, 0) is 37.9 Å². The zero-order valence-corrected chi connectivity index (χ0v) is 13.0. The molecule has 21 heavy (non-hydrogen) atoms. The number of carbonyl (C=O) groups is 1. The van der Waals surface area contributed by atoms with Crippen LogP contribution in [0.3, 0.4) is 0 Å². The van der Waals surface area contributed by atoms with Crippen LogP contribution in [0.5, 0.6) is 5.88 Å². The quantitative estimate of drug-likeness (QED) is 0.860. The Morgan fingerprint density at radius 3 is 3.00 bits per heavy atom. The van der Waals surface area contributed by atoms with Crippen LogP contribution in [0, 0.1) is 5.92 Å². The Kier molecular flexibility index (Phi) is 5.38. The highest BCUT2D eigenvalue weighted by Crippen LogP contribution is 2.32. The summed E-state index contributed by atoms with van der Waals surface area (Å²) in [6, 6.07) is 1.86. The molecule has 6 heteroatoms. The molecule has 2 rings (SSSR count). The molecule has 2 N–H and O–H groups in total. The number of pyridine rings is 1. The normalized spacial score (nSPS) is 18.1. The molecule has 0 saturated carbocycles. The number of aromatic nitrogens is 1. The summed E-state index contributed by atoms with van der Waals surface area (Å²) in [6.45, 7) is 1.97. The fourth-order valence-electron chi connectivity index (χ4n) is 2.63. The Labute approximate surface area is 125 Å². The minimum Gasteiger partial charge on any atom is -0.479 e. The number of amides is 1. The van der Waals surface area contributed by atoms with E-state index < -0.39 is 0 Å². The molecule has 1 fully saturated rings. The maximum absolute atomic E-state index is 12.3. The van der Waals surface area contributed by atoms with Crippen LogP contribution >= 0.6 is 0 Å². The second-order valence-corrected chi connectivity index (χ2v) is 5.57. The van der Waals surface area contributed by atoms with Gasteiger partial charge in [-0.2, -0.15) is 0 Å². The van der Waals surface area contributed by atoms with Crippen molar-refractivity contribution in [3.05, 3.63) is 12.3 Å². The molecule has 116 valence electrons. The third kappa shape index (κ3) is 4.07. The van der Waals surface area contributed by atoms with Crippen molar-refractivity contribution in [2.24, 2.45) is 5.92 Å². The Hall–Kier alpha value is -1.82. The molecule has 1 aromatic heterocycles. The highest BCUT2D eigenvalue weighted by atomic mass is 16.5. The van der Waals surface area contributed by atoms with Crippen LogP contribution in [0.1, 0.15) is 19.3 Å². The van der Waals surface area contributed by atoms with Gasteiger partial charge >= 0.3 is 0 Å². The van der Waals surface area contributed by atoms with Gasteiger partial charge in [0.15, 0.2) is 0 Å². The minimum atomic E-state index is 0.0121. The highest BCUT2D eigenvalue weighted by molar-refractivity contribution is 5.96. The predicted molar refractivity (Wildman–Crippen MR) is 84.0 cm³/mol. The van der Waals surface area contributed by atoms with Crippen molar-refractivity contribution in [3.63, 3.8) is 0 Å². The lowest BCUT2D eigenvalue weighted by atomic mass is 9.96. The SMILES string of the molecule is COc1nccc(N(C)C)c1NC(=O)CC1CCCNC1. The fraction of sp³-hybridized carbons (Fsp3) is 0.600. The molecule has 6 nitrogen and oxygen atoms in total. The first-order valence-electron chi connectivity index (χ1n) is 7.32. The van der Waals surface area contributed by atoms with E-state index in [-0.39, 0.29) is 5.91 Å². The van der Waals surface area contributed by atoms with Crippen LogP contribution in [-0.4, -0.2) is 45.2 Å². The van der Waals surface area contributed by atoms with Gasteiger partial charge in [-0.15, -0.1) is 0 Å². The first kappa shape index (κ1) is 15.6. The molecule has 1 aliphatic heterocycles. The maximum atomic E-state index is 12.3. The third-order valence-corrected chi connectivity index (χ3v) is 3.71. The number of nitrogens with zero attached hydrogens (tertiary/aromatic N) is 2. The zero-order chi connectivity index (χ0) is 15.2. The van der Waals surface area contributed by atoms with Gasteiger partial charge in [0.2, 0.25) is 11.8 Å². The molecule has 0 aromatic carbocycles. The number of methoxy groups -OCH3 is 1. The van der Waals surface area contributed by atoms with Crippen LogP contribution in [0.15, 0.2) is 12.3 Å². The van der Waals surface area contributed by atoms with E-state index in [2.05, 4.69) is 15.6 Å². The van der Waals surface area contributed by atoms with Crippen LogP contribution in [0.25, 0.3) is 0 Å². The summed E-state index contributed by atoms with van der Waals surface area (Å²) >= 11 is 0. The van der Waals surface area contributed by atoms with E-state index in [0.717, 1.165) is 31.6 Å². The van der Waals surface area contributed by atoms with E-state index in [4.69, 9.17) is 4.74 Å². The Morgan fingerprint density at radius 1 is 1.57 bits per heavy atom. The Morgan fingerprint density at radius 2 is 2.38 bits per heavy atom. The highest BCUT2D eigenvalue weighted by Gasteiger charge is 2.19. The molecule has 1 saturated heterocycles. The number of carbonyl (C=O) groups excluding carboxylic acids is 1. The minimum absolute atomic E-state index is 0.0121. The summed E-state index contributed by atoms with van der Waals surface area (Å²) in [5.74, 6) is 0.860. The number of piperidine rings is 1. The van der Waals surface area contributed by atoms with Crippen LogP contribution < -0.4 is 20.3 Å². The van der Waals surface area contributed by atoms with Crippen molar-refractivity contribution >= 4 is 17.3 Å². The lowest BCUT2D eigenvalue weighted by Gasteiger charge is -2.23. The molecule has 1 unspecified atom stereocenters. The van der Waals surface area contributed by atoms with Gasteiger partial charge in [-0.3, -0.25) is 4.79 Å². The zero-order valence-electron chi connectivity index (χ0n) is 13.0. The average Bonchev–Trinajstić information content (AvgIpc) is 2.48. The molecule has 0 bridgehead atoms. The Balaban J connectivity index is 2.08. The van der Waals surface area contributed by atoms with Crippen molar-refractivity contribution in [2.45, 2.75) is 19.3 Å². The van der Waals surface area contributed by atoms with E-state index in [1.54, 1.807) is 13.3 Å². The summed E-state index contributed by atoms with van der Waals surface area (Å²) in [6.07, 6.45) is 4.44. The molecule has 1 aromatic rings. The summed E-state index contributed by atoms with van der Waals surface area (Å²) < 4.78 is 5.26. The number of ether oxygens (including phenoxy) is 1. The number of hydrogen-bond donors (Lipinski definition) is 2. The van der Waals surface area contributed by atoms with E-state index in [1.807, 2.05) is 25.1 Å². The molecule has 0 radical (unpaired) electrons. The van der Waals surface area contributed by atoms with Crippen molar-refractivity contribution in [1.29, 1.82) is 0 Å². The Bertz CT molecular complexity index is 485. The molecule has 1 amide bonds. The molecular weight excluding hydrogens is 268 g/mol. The van der Waals surface area contributed by atoms with Crippen molar-refractivity contribution < 1.29 is 9.53 Å². The van der Waals surface area contributed by atoms with Gasteiger partial charge in [-0.1, -0.05) is 0 Å². The van der Waals surface area contributed by atoms with Gasteiger partial charge < -0.3 is 20.3 Å². The van der Waals surface area contributed by atoms with E-state index >= 15 is 0 Å². The van der Waals surface area contributed by atoms with E-state index in [1.165, 1.54) is 0 Å². The summed E-state index contributed by atoms with van der Waals surface area (Å²) in [5.41, 5.74) is 1.52. The fourth-order valence-corrected chi connectivity index (χ4v) is 2.63. The second-order valence-electron chi connectivity index (χ2n) is 5.57. The molecule has 1 aliphatic rings. The van der Waals surface area contributed by atoms with Gasteiger partial charge in [-0.25, -0.2) is 4.98 Å². The molecule has 1 atom stereocenters. The maximum Gasteiger partial charge on any atom is 0.239 e. The second kappa shape index (κ2) is 7.26. The van der Waals surface area contributed by atoms with Gasteiger partial charge in [0.05, 0.1) is 12.8 Å². The van der Waals surface area contributed by atoms with Crippen LogP contribution in [-0.2, 0) is 4.79 Å². The van der Waals surface area contributed by atoms with Crippen molar-refractivity contribution in [1.82, 2.24) is 10.3 Å². The topological polar surface area (TPSA) is 66.5 Å². The molecule has 0 aliphatic carbocycles. The number of nitrogens with one attached hydrogen (secondary N) is 2. The molecular formula is C15H24N4O2. The summed E-state index contributed by atoms with van der Waals surface area (Å²) in [4.78, 5) is 18.4. The van der Waals surface area contributed by atoms with Crippen LogP contribution in [0.2, 0.25) is 0 Å². The summed E-state index contributed by atoms with van der Waals surface area (Å²) in [7, 11) is 5.41. The first-order chi connectivity index (χ1) is 10.1. The lowest BCUT2D eigenvalue weighted by molar-refractivity contribution is -0.117. The largest absolute Gasteiger partial charge is 0.479 e. The number of anilines is 2. The van der Waals surface area contributed by atoms with E-state index in [0.29, 0.717) is 23.9 Å². The third-order valence-electron chi connectivity index (χ3n) is 3.71. The number of hydrogen-bond acceptors (Lipinski definition) is 5. The van der Waals surface area contributed by atoms with Gasteiger partial charge in [0, 0.05) is 26.7 Å². The van der Waals surface area contributed by atoms with Crippen LogP contribution in [0.4, 0.5) is 11.4 Å². The number of rotatable bonds is 5. The molecule has 2 heterocycles. The monoisotopic (exact) mass is 292 g/mol. The smallest absolute Gasteiger partial charge is 0.239 e. The lowest BCUT2D eigenvalue weighted by Crippen LogP contribution is -2.32. The average molecular weight is 292 g/mol. The van der Waals surface area contributed by atoms with Crippen molar-refractivity contribution in [3.8, 4) is 5.88 Å². The predicted octanol–water partition coefficient (Wildman–Crippen LogP) is 1.48. The van der Waals surface area contributed by atoms with E-state index in [9.17, 15) is 4.79 Å². The van der Waals surface area contributed by atoms with Crippen molar-refractivity contribution in [2.75, 3.05) is 44.5 Å². The van der Waals surface area contributed by atoms with Gasteiger partial charge in [0.25, 0.3) is 0 Å². The molecule has 0 spiro atoms. The summed E-state index contributed by atoms with van der Waals surface area (Å²) in [5, 5.41) is 6.29.